The fraction of sp³-hybridized carbons (Fsp3) is 0.533. The molecule has 0 radical (unpaired) electrons. The van der Waals surface area contributed by atoms with Crippen molar-refractivity contribution < 1.29 is 4.79 Å². The predicted molar refractivity (Wildman–Crippen MR) is 69.0 cm³/mol. The van der Waals surface area contributed by atoms with E-state index in [1.165, 1.54) is 11.1 Å². The first kappa shape index (κ1) is 13.0. The quantitative estimate of drug-likeness (QED) is 0.744. The van der Waals surface area contributed by atoms with E-state index in [1.54, 1.807) is 6.92 Å². The predicted octanol–water partition coefficient (Wildman–Crippen LogP) is 4.06. The molecule has 0 bridgehead atoms. The third kappa shape index (κ3) is 3.19. The van der Waals surface area contributed by atoms with Crippen LogP contribution in [0.3, 0.4) is 0 Å². The molecule has 0 saturated heterocycles. The molecule has 0 aromatic heterocycles. The molecule has 0 amide bonds. The second-order valence-electron chi connectivity index (χ2n) is 5.15. The summed E-state index contributed by atoms with van der Waals surface area (Å²) in [6.45, 7) is 10.5. The third-order valence-electron chi connectivity index (χ3n) is 2.85. The smallest absolute Gasteiger partial charge is 0.134 e. The lowest BCUT2D eigenvalue weighted by atomic mass is 9.88. The number of benzene rings is 1. The highest BCUT2D eigenvalue weighted by molar-refractivity contribution is 5.78. The molecule has 0 saturated carbocycles. The summed E-state index contributed by atoms with van der Waals surface area (Å²) in [7, 11) is 0. The van der Waals surface area contributed by atoms with Gasteiger partial charge in [-0.25, -0.2) is 0 Å². The lowest BCUT2D eigenvalue weighted by Crippen LogP contribution is -2.02. The summed E-state index contributed by atoms with van der Waals surface area (Å²) < 4.78 is 0. The van der Waals surface area contributed by atoms with E-state index >= 15 is 0 Å². The molecular weight excluding hydrogens is 196 g/mol. The van der Waals surface area contributed by atoms with Gasteiger partial charge in [0.05, 0.1) is 0 Å². The van der Waals surface area contributed by atoms with Gasteiger partial charge in [-0.3, -0.25) is 4.79 Å². The number of carbonyl (C=O) groups is 1. The number of ketones is 1. The fourth-order valence-electron chi connectivity index (χ4n) is 2.05. The Kier molecular flexibility index (Phi) is 4.28. The van der Waals surface area contributed by atoms with E-state index < -0.39 is 0 Å². The molecule has 0 atom stereocenters. The van der Waals surface area contributed by atoms with Crippen molar-refractivity contribution in [2.75, 3.05) is 0 Å². The van der Waals surface area contributed by atoms with Crippen molar-refractivity contribution in [1.82, 2.24) is 0 Å². The Labute approximate surface area is 98.9 Å². The van der Waals surface area contributed by atoms with Gasteiger partial charge < -0.3 is 0 Å². The Hall–Kier alpha value is -1.11. The van der Waals surface area contributed by atoms with Crippen LogP contribution in [0.4, 0.5) is 0 Å². The van der Waals surface area contributed by atoms with Crippen LogP contribution in [0, 0.1) is 0 Å². The molecule has 1 aromatic carbocycles. The highest BCUT2D eigenvalue weighted by Gasteiger charge is 2.11. The van der Waals surface area contributed by atoms with E-state index in [4.69, 9.17) is 0 Å². The molecular formula is C15H22O. The molecule has 0 spiro atoms. The highest BCUT2D eigenvalue weighted by Crippen LogP contribution is 2.27. The second-order valence-corrected chi connectivity index (χ2v) is 5.15. The number of Topliss-reactive ketones (excluding diaryl/α,β-unsaturated/α-hetero) is 1. The molecule has 0 aliphatic heterocycles. The molecule has 1 nitrogen and oxygen atoms in total. The van der Waals surface area contributed by atoms with Crippen molar-refractivity contribution >= 4 is 5.78 Å². The van der Waals surface area contributed by atoms with Crippen molar-refractivity contribution in [3.8, 4) is 0 Å². The lowest BCUT2D eigenvalue weighted by molar-refractivity contribution is -0.116. The molecule has 0 aliphatic rings. The zero-order valence-electron chi connectivity index (χ0n) is 11.0. The summed E-state index contributed by atoms with van der Waals surface area (Å²) in [5.41, 5.74) is 3.93. The van der Waals surface area contributed by atoms with Crippen molar-refractivity contribution in [1.29, 1.82) is 0 Å². The Morgan fingerprint density at radius 1 is 1.06 bits per heavy atom. The Morgan fingerprint density at radius 3 is 2.06 bits per heavy atom. The first-order valence-electron chi connectivity index (χ1n) is 6.04. The van der Waals surface area contributed by atoms with Crippen molar-refractivity contribution in [2.45, 2.75) is 52.9 Å². The largest absolute Gasteiger partial charge is 0.300 e. The van der Waals surface area contributed by atoms with Crippen molar-refractivity contribution in [3.05, 3.63) is 34.9 Å². The van der Waals surface area contributed by atoms with Gasteiger partial charge in [0.25, 0.3) is 0 Å². The topological polar surface area (TPSA) is 17.1 Å². The maximum atomic E-state index is 11.1. The Balaban J connectivity index is 3.12. The van der Waals surface area contributed by atoms with Crippen LogP contribution >= 0.6 is 0 Å². The van der Waals surface area contributed by atoms with Gasteiger partial charge in [-0.2, -0.15) is 0 Å². The molecule has 0 heterocycles. The maximum absolute atomic E-state index is 11.1. The van der Waals surface area contributed by atoms with Crippen LogP contribution < -0.4 is 0 Å². The minimum absolute atomic E-state index is 0.229. The van der Waals surface area contributed by atoms with Gasteiger partial charge in [0.15, 0.2) is 0 Å². The van der Waals surface area contributed by atoms with E-state index in [-0.39, 0.29) is 5.78 Å². The van der Waals surface area contributed by atoms with Crippen LogP contribution in [0.15, 0.2) is 18.2 Å². The van der Waals surface area contributed by atoms with Gasteiger partial charge in [0.1, 0.15) is 5.78 Å². The summed E-state index contributed by atoms with van der Waals surface area (Å²) in [4.78, 5) is 11.1. The number of hydrogen-bond donors (Lipinski definition) is 0. The highest BCUT2D eigenvalue weighted by atomic mass is 16.1. The normalized spacial score (nSPS) is 11.2. The SMILES string of the molecule is CC(=O)Cc1ccc(C(C)C)c(C(C)C)c1. The summed E-state index contributed by atoms with van der Waals surface area (Å²) in [6, 6.07) is 6.46. The average molecular weight is 218 g/mol. The molecule has 0 aliphatic carbocycles. The monoisotopic (exact) mass is 218 g/mol. The molecule has 16 heavy (non-hydrogen) atoms. The molecule has 1 heteroatoms. The number of rotatable bonds is 4. The van der Waals surface area contributed by atoms with E-state index in [1.807, 2.05) is 0 Å². The zero-order chi connectivity index (χ0) is 12.3. The first-order valence-corrected chi connectivity index (χ1v) is 6.04. The standard InChI is InChI=1S/C15H22O/c1-10(2)14-7-6-13(8-12(5)16)9-15(14)11(3)4/h6-7,9-11H,8H2,1-5H3. The molecule has 0 unspecified atom stereocenters. The van der Waals surface area contributed by atoms with Crippen LogP contribution in [0.1, 0.15) is 63.1 Å². The summed E-state index contributed by atoms with van der Waals surface area (Å²) in [6.07, 6.45) is 0.554. The van der Waals surface area contributed by atoms with Crippen LogP contribution in [0.5, 0.6) is 0 Å². The van der Waals surface area contributed by atoms with E-state index in [9.17, 15) is 4.79 Å². The maximum Gasteiger partial charge on any atom is 0.134 e. The fourth-order valence-corrected chi connectivity index (χ4v) is 2.05. The summed E-state index contributed by atoms with van der Waals surface area (Å²) in [5.74, 6) is 1.29. The molecule has 1 rings (SSSR count). The summed E-state index contributed by atoms with van der Waals surface area (Å²) >= 11 is 0. The van der Waals surface area contributed by atoms with E-state index in [0.717, 1.165) is 5.56 Å². The lowest BCUT2D eigenvalue weighted by Gasteiger charge is -2.17. The van der Waals surface area contributed by atoms with E-state index in [0.29, 0.717) is 18.3 Å². The van der Waals surface area contributed by atoms with Gasteiger partial charge in [0, 0.05) is 6.42 Å². The van der Waals surface area contributed by atoms with Crippen molar-refractivity contribution in [2.24, 2.45) is 0 Å². The van der Waals surface area contributed by atoms with Crippen molar-refractivity contribution in [3.63, 3.8) is 0 Å². The minimum Gasteiger partial charge on any atom is -0.300 e. The van der Waals surface area contributed by atoms with Crippen LogP contribution in [-0.2, 0) is 11.2 Å². The Morgan fingerprint density at radius 2 is 1.62 bits per heavy atom. The number of carbonyl (C=O) groups excluding carboxylic acids is 1. The zero-order valence-corrected chi connectivity index (χ0v) is 11.0. The molecule has 0 N–H and O–H groups in total. The van der Waals surface area contributed by atoms with Gasteiger partial charge in [-0.05, 0) is 35.4 Å². The minimum atomic E-state index is 0.229. The molecule has 0 fully saturated rings. The Bertz CT molecular complexity index is 375. The third-order valence-corrected chi connectivity index (χ3v) is 2.85. The van der Waals surface area contributed by atoms with Gasteiger partial charge in [-0.15, -0.1) is 0 Å². The van der Waals surface area contributed by atoms with Crippen LogP contribution in [0.2, 0.25) is 0 Å². The van der Waals surface area contributed by atoms with Gasteiger partial charge >= 0.3 is 0 Å². The summed E-state index contributed by atoms with van der Waals surface area (Å²) in [5, 5.41) is 0. The number of hydrogen-bond acceptors (Lipinski definition) is 1. The van der Waals surface area contributed by atoms with Gasteiger partial charge in [0.2, 0.25) is 0 Å². The van der Waals surface area contributed by atoms with Crippen LogP contribution in [0.25, 0.3) is 0 Å². The van der Waals surface area contributed by atoms with Gasteiger partial charge in [-0.1, -0.05) is 45.9 Å². The first-order chi connectivity index (χ1) is 7.41. The van der Waals surface area contributed by atoms with Crippen LogP contribution in [-0.4, -0.2) is 5.78 Å². The molecule has 1 aromatic rings. The average Bonchev–Trinajstić information content (AvgIpc) is 2.16. The second kappa shape index (κ2) is 5.29. The molecule has 88 valence electrons. The van der Waals surface area contributed by atoms with E-state index in [2.05, 4.69) is 45.9 Å².